The molecule has 0 radical (unpaired) electrons. The van der Waals surface area contributed by atoms with Crippen LogP contribution in [0.25, 0.3) is 0 Å². The monoisotopic (exact) mass is 331 g/mol. The highest BCUT2D eigenvalue weighted by atomic mass is 32.1. The van der Waals surface area contributed by atoms with E-state index >= 15 is 0 Å². The predicted octanol–water partition coefficient (Wildman–Crippen LogP) is 2.89. The lowest BCUT2D eigenvalue weighted by Gasteiger charge is -2.38. The van der Waals surface area contributed by atoms with Crippen LogP contribution in [0.2, 0.25) is 0 Å². The molecule has 23 heavy (non-hydrogen) atoms. The molecule has 3 rings (SSSR count). The van der Waals surface area contributed by atoms with E-state index < -0.39 is 11.6 Å². The molecule has 1 aromatic heterocycles. The molecule has 0 unspecified atom stereocenters. The molecule has 0 bridgehead atoms. The molecule has 6 heteroatoms. The Morgan fingerprint density at radius 3 is 2.39 bits per heavy atom. The van der Waals surface area contributed by atoms with Gasteiger partial charge in [0.15, 0.2) is 0 Å². The van der Waals surface area contributed by atoms with E-state index in [2.05, 4.69) is 0 Å². The van der Waals surface area contributed by atoms with Gasteiger partial charge >= 0.3 is 5.97 Å². The van der Waals surface area contributed by atoms with E-state index in [1.165, 1.54) is 11.3 Å². The van der Waals surface area contributed by atoms with Gasteiger partial charge < -0.3 is 14.7 Å². The molecule has 1 amide bonds. The summed E-state index contributed by atoms with van der Waals surface area (Å²) in [6.07, 6.45) is 0.542. The summed E-state index contributed by atoms with van der Waals surface area (Å²) in [6, 6.07) is 10.7. The molecule has 120 valence electrons. The minimum Gasteiger partial charge on any atom is -0.478 e. The fourth-order valence-corrected chi connectivity index (χ4v) is 3.34. The number of carbonyl (C=O) groups excluding carboxylic acids is 1. The summed E-state index contributed by atoms with van der Waals surface area (Å²) in [5, 5.41) is 13.3. The first-order valence-corrected chi connectivity index (χ1v) is 8.34. The van der Waals surface area contributed by atoms with E-state index in [-0.39, 0.29) is 18.7 Å². The molecule has 0 saturated carbocycles. The first-order valence-electron chi connectivity index (χ1n) is 7.40. The van der Waals surface area contributed by atoms with Crippen LogP contribution in [0.3, 0.4) is 0 Å². The number of amides is 1. The van der Waals surface area contributed by atoms with Crippen LogP contribution in [0.15, 0.2) is 47.2 Å². The number of benzene rings is 1. The molecule has 2 aromatic rings. The number of thiophene rings is 1. The number of nitrogens with zero attached hydrogens (tertiary/aromatic N) is 1. The van der Waals surface area contributed by atoms with Crippen LogP contribution in [0.4, 0.5) is 0 Å². The molecular weight excluding hydrogens is 314 g/mol. The molecule has 0 atom stereocenters. The molecule has 1 saturated heterocycles. The fraction of sp³-hybridized carbons (Fsp3) is 0.294. The van der Waals surface area contributed by atoms with Gasteiger partial charge in [0.25, 0.3) is 5.91 Å². The van der Waals surface area contributed by atoms with Crippen LogP contribution < -0.4 is 4.74 Å². The lowest BCUT2D eigenvalue weighted by molar-refractivity contribution is -0.159. The number of likely N-dealkylation sites (tertiary alicyclic amines) is 1. The third kappa shape index (κ3) is 3.22. The zero-order valence-corrected chi connectivity index (χ0v) is 13.3. The summed E-state index contributed by atoms with van der Waals surface area (Å²) >= 11 is 1.47. The number of carboxylic acids is 1. The van der Waals surface area contributed by atoms with E-state index in [4.69, 9.17) is 4.74 Å². The van der Waals surface area contributed by atoms with Crippen molar-refractivity contribution in [1.82, 2.24) is 4.90 Å². The van der Waals surface area contributed by atoms with Gasteiger partial charge in [0.05, 0.1) is 5.56 Å². The highest BCUT2D eigenvalue weighted by molar-refractivity contribution is 7.08. The minimum absolute atomic E-state index is 0.0510. The zero-order valence-electron chi connectivity index (χ0n) is 12.5. The van der Waals surface area contributed by atoms with Crippen molar-refractivity contribution in [1.29, 1.82) is 0 Å². The van der Waals surface area contributed by atoms with Crippen LogP contribution >= 0.6 is 11.3 Å². The van der Waals surface area contributed by atoms with Crippen molar-refractivity contribution in [2.45, 2.75) is 18.4 Å². The third-order valence-electron chi connectivity index (χ3n) is 4.07. The second-order valence-corrected chi connectivity index (χ2v) is 6.30. The highest BCUT2D eigenvalue weighted by Crippen LogP contribution is 2.30. The Balaban J connectivity index is 1.71. The van der Waals surface area contributed by atoms with Gasteiger partial charge in [0.2, 0.25) is 5.60 Å². The van der Waals surface area contributed by atoms with Crippen molar-refractivity contribution in [2.75, 3.05) is 13.1 Å². The van der Waals surface area contributed by atoms with Crippen LogP contribution in [0.5, 0.6) is 5.75 Å². The lowest BCUT2D eigenvalue weighted by Crippen LogP contribution is -2.54. The Hall–Kier alpha value is -2.34. The van der Waals surface area contributed by atoms with Gasteiger partial charge in [-0.25, -0.2) is 4.79 Å². The molecule has 2 heterocycles. The van der Waals surface area contributed by atoms with Gasteiger partial charge in [-0.3, -0.25) is 4.79 Å². The quantitative estimate of drug-likeness (QED) is 0.935. The first-order chi connectivity index (χ1) is 11.1. The maximum Gasteiger partial charge on any atom is 0.348 e. The van der Waals surface area contributed by atoms with E-state index in [0.717, 1.165) is 0 Å². The number of carboxylic acid groups (broad SMARTS) is 1. The van der Waals surface area contributed by atoms with Crippen LogP contribution in [-0.4, -0.2) is 40.6 Å². The Kier molecular flexibility index (Phi) is 4.34. The van der Waals surface area contributed by atoms with E-state index in [1.807, 2.05) is 16.8 Å². The molecule has 0 spiro atoms. The number of aliphatic carboxylic acids is 1. The number of rotatable bonds is 4. The minimum atomic E-state index is -1.27. The summed E-state index contributed by atoms with van der Waals surface area (Å²) in [5.74, 6) is -0.499. The second kappa shape index (κ2) is 6.42. The average molecular weight is 331 g/mol. The van der Waals surface area contributed by atoms with Crippen molar-refractivity contribution in [2.24, 2.45) is 0 Å². The number of carbonyl (C=O) groups is 2. The van der Waals surface area contributed by atoms with Crippen molar-refractivity contribution >= 4 is 23.2 Å². The van der Waals surface area contributed by atoms with Crippen molar-refractivity contribution < 1.29 is 19.4 Å². The number of hydrogen-bond acceptors (Lipinski definition) is 4. The van der Waals surface area contributed by atoms with Crippen molar-refractivity contribution in [3.8, 4) is 5.75 Å². The molecule has 1 aliphatic rings. The molecule has 1 aliphatic heterocycles. The average Bonchev–Trinajstić information content (AvgIpc) is 3.10. The number of piperidine rings is 1. The van der Waals surface area contributed by atoms with E-state index in [9.17, 15) is 14.7 Å². The van der Waals surface area contributed by atoms with Crippen LogP contribution in [0, 0.1) is 0 Å². The van der Waals surface area contributed by atoms with Gasteiger partial charge in [-0.15, -0.1) is 0 Å². The topological polar surface area (TPSA) is 66.8 Å². The number of para-hydroxylation sites is 1. The SMILES string of the molecule is O=C(c1ccsc1)N1CCC(Oc2ccccc2)(C(=O)O)CC1. The molecule has 5 nitrogen and oxygen atoms in total. The number of hydrogen-bond donors (Lipinski definition) is 1. The lowest BCUT2D eigenvalue weighted by atomic mass is 9.90. The Bertz CT molecular complexity index is 676. The summed E-state index contributed by atoms with van der Waals surface area (Å²) in [4.78, 5) is 25.8. The first kappa shape index (κ1) is 15.6. The second-order valence-electron chi connectivity index (χ2n) is 5.52. The predicted molar refractivity (Wildman–Crippen MR) is 86.9 cm³/mol. The van der Waals surface area contributed by atoms with E-state index in [0.29, 0.717) is 24.4 Å². The molecule has 1 fully saturated rings. The maximum absolute atomic E-state index is 12.3. The smallest absolute Gasteiger partial charge is 0.348 e. The van der Waals surface area contributed by atoms with E-state index in [1.54, 1.807) is 35.2 Å². The van der Waals surface area contributed by atoms with Gasteiger partial charge in [-0.2, -0.15) is 11.3 Å². The van der Waals surface area contributed by atoms with Gasteiger partial charge in [0, 0.05) is 31.3 Å². The summed E-state index contributed by atoms with van der Waals surface area (Å²) < 4.78 is 5.79. The Labute approximate surface area is 138 Å². The normalized spacial score (nSPS) is 16.8. The molecule has 1 aromatic carbocycles. The maximum atomic E-state index is 12.3. The molecular formula is C17H17NO4S. The van der Waals surface area contributed by atoms with Gasteiger partial charge in [-0.1, -0.05) is 18.2 Å². The van der Waals surface area contributed by atoms with Crippen molar-refractivity contribution in [3.05, 3.63) is 52.7 Å². The summed E-state index contributed by atoms with van der Waals surface area (Å²) in [6.45, 7) is 0.738. The molecule has 1 N–H and O–H groups in total. The highest BCUT2D eigenvalue weighted by Gasteiger charge is 2.45. The standard InChI is InChI=1S/C17H17NO4S/c19-15(13-6-11-23-12-13)18-9-7-17(8-10-18,16(20)21)22-14-4-2-1-3-5-14/h1-6,11-12H,7-10H2,(H,20,21). The van der Waals surface area contributed by atoms with Crippen LogP contribution in [0.1, 0.15) is 23.2 Å². The molecule has 0 aliphatic carbocycles. The van der Waals surface area contributed by atoms with Gasteiger partial charge in [0.1, 0.15) is 5.75 Å². The largest absolute Gasteiger partial charge is 0.478 e. The van der Waals surface area contributed by atoms with Gasteiger partial charge in [-0.05, 0) is 23.6 Å². The Morgan fingerprint density at radius 2 is 1.83 bits per heavy atom. The van der Waals surface area contributed by atoms with Crippen molar-refractivity contribution in [3.63, 3.8) is 0 Å². The summed E-state index contributed by atoms with van der Waals surface area (Å²) in [7, 11) is 0. The van der Waals surface area contributed by atoms with Crippen LogP contribution in [-0.2, 0) is 4.79 Å². The fourth-order valence-electron chi connectivity index (χ4n) is 2.71. The Morgan fingerprint density at radius 1 is 1.13 bits per heavy atom. The number of ether oxygens (including phenoxy) is 1. The third-order valence-corrected chi connectivity index (χ3v) is 4.76. The zero-order chi connectivity index (χ0) is 16.3. The summed E-state index contributed by atoms with van der Waals surface area (Å²) in [5.41, 5.74) is -0.617.